The molecule has 34 heteroatoms. The molecule has 0 atom stereocenters. The highest BCUT2D eigenvalue weighted by atomic mass is 32.1. The number of nitrogen functional groups attached to an aromatic ring is 2. The summed E-state index contributed by atoms with van der Waals surface area (Å²) in [5, 5.41) is 34.8. The molecule has 0 fully saturated rings. The Morgan fingerprint density at radius 3 is 0.953 bits per heavy atom. The summed E-state index contributed by atoms with van der Waals surface area (Å²) >= 11 is 2.95. The standard InChI is InChI=1S/C22H36N10O2S2.4C2HF3O2/c1-13-15(35-21(25)29-13)7-5-11-27-19(23)31-17(33)9-3-4-10-18(34)32-20(24)28-12-6-8-16-14(2)30-22(26)36-16;4*3-2(4,5)1(6)7/h3-12H2,1-2H3,(H2,25,29)(H2,26,30)(H3,23,27,31,33)(H3,24,28,32,34);4*(H,6,7). The van der Waals surface area contributed by atoms with Crippen molar-refractivity contribution >= 4 is 80.5 Å². The van der Waals surface area contributed by atoms with Crippen LogP contribution in [0.1, 0.15) is 59.7 Å². The van der Waals surface area contributed by atoms with Crippen LogP contribution < -0.4 is 33.6 Å². The number of aliphatic carboxylic acids is 4. The normalized spacial score (nSPS) is 11.7. The Labute approximate surface area is 359 Å². The number of thiazole rings is 2. The average Bonchev–Trinajstić information content (AvgIpc) is 3.62. The van der Waals surface area contributed by atoms with Crippen molar-refractivity contribution in [1.29, 1.82) is 0 Å². The number of nitrogens with one attached hydrogen (secondary N) is 2. The summed E-state index contributed by atoms with van der Waals surface area (Å²) < 4.78 is 127. The number of aromatic nitrogens is 2. The molecule has 0 aromatic carbocycles. The lowest BCUT2D eigenvalue weighted by atomic mass is 10.2. The van der Waals surface area contributed by atoms with Crippen LogP contribution in [0.15, 0.2) is 9.98 Å². The van der Waals surface area contributed by atoms with Gasteiger partial charge in [0, 0.05) is 35.7 Å². The van der Waals surface area contributed by atoms with Crippen LogP contribution >= 0.6 is 22.7 Å². The molecular formula is C30H40F12N10O10S2. The summed E-state index contributed by atoms with van der Waals surface area (Å²) in [6.45, 7) is 4.84. The number of guanidine groups is 2. The zero-order chi connectivity index (χ0) is 50.8. The van der Waals surface area contributed by atoms with Gasteiger partial charge in [-0.05, 0) is 52.4 Å². The summed E-state index contributed by atoms with van der Waals surface area (Å²) in [7, 11) is 0. The average molecular weight is 993 g/mol. The van der Waals surface area contributed by atoms with E-state index < -0.39 is 48.6 Å². The maximum atomic E-state index is 12.0. The molecule has 20 nitrogen and oxygen atoms in total. The first-order valence-corrected chi connectivity index (χ1v) is 18.4. The quantitative estimate of drug-likeness (QED) is 0.0589. The Balaban J connectivity index is -0.00000106. The van der Waals surface area contributed by atoms with Gasteiger partial charge in [-0.25, -0.2) is 29.1 Å². The predicted octanol–water partition coefficient (Wildman–Crippen LogP) is 3.90. The number of hydrogen-bond donors (Lipinski definition) is 10. The van der Waals surface area contributed by atoms with Crippen molar-refractivity contribution in [3.8, 4) is 0 Å². The number of carbonyl (C=O) groups excluding carboxylic acids is 2. The fourth-order valence-electron chi connectivity index (χ4n) is 3.30. The van der Waals surface area contributed by atoms with Gasteiger partial charge in [-0.15, -0.1) is 22.7 Å². The van der Waals surface area contributed by atoms with E-state index in [4.69, 9.17) is 62.5 Å². The molecule has 0 bridgehead atoms. The van der Waals surface area contributed by atoms with Crippen molar-refractivity contribution < 1.29 is 102 Å². The highest BCUT2D eigenvalue weighted by Gasteiger charge is 2.40. The lowest BCUT2D eigenvalue weighted by Gasteiger charge is -2.06. The number of amides is 2. The summed E-state index contributed by atoms with van der Waals surface area (Å²) in [6.07, 6.45) is -15.6. The third kappa shape index (κ3) is 33.4. The molecule has 0 spiro atoms. The van der Waals surface area contributed by atoms with Crippen LogP contribution in [0.2, 0.25) is 0 Å². The van der Waals surface area contributed by atoms with Crippen LogP contribution in [0.25, 0.3) is 0 Å². The van der Waals surface area contributed by atoms with Gasteiger partial charge in [0.2, 0.25) is 11.8 Å². The Morgan fingerprint density at radius 2 is 0.766 bits per heavy atom. The number of unbranched alkanes of at least 4 members (excludes halogenated alkanes) is 1. The topological polar surface area (TPSA) is 362 Å². The van der Waals surface area contributed by atoms with Gasteiger partial charge >= 0.3 is 48.6 Å². The summed E-state index contributed by atoms with van der Waals surface area (Å²) in [4.78, 5) is 78.6. The molecule has 14 N–H and O–H groups in total. The van der Waals surface area contributed by atoms with Gasteiger partial charge in [0.25, 0.3) is 0 Å². The molecule has 2 aromatic rings. The van der Waals surface area contributed by atoms with E-state index in [9.17, 15) is 62.3 Å². The van der Waals surface area contributed by atoms with Crippen LogP contribution in [0.3, 0.4) is 0 Å². The maximum absolute atomic E-state index is 12.0. The van der Waals surface area contributed by atoms with E-state index in [-0.39, 0.29) is 36.6 Å². The van der Waals surface area contributed by atoms with Crippen LogP contribution in [0, 0.1) is 13.8 Å². The number of aryl methyl sites for hydroxylation is 4. The molecule has 366 valence electrons. The Morgan fingerprint density at radius 1 is 0.531 bits per heavy atom. The summed E-state index contributed by atoms with van der Waals surface area (Å²) in [5.41, 5.74) is 24.8. The molecule has 0 saturated heterocycles. The smallest absolute Gasteiger partial charge is 0.475 e. The number of anilines is 2. The van der Waals surface area contributed by atoms with Gasteiger partial charge in [-0.2, -0.15) is 52.7 Å². The Hall–Kier alpha value is -6.22. The Bertz CT molecular complexity index is 1700. The molecule has 2 heterocycles. The molecule has 0 aliphatic heterocycles. The van der Waals surface area contributed by atoms with Crippen molar-refractivity contribution in [1.82, 2.24) is 20.6 Å². The molecule has 2 rings (SSSR count). The molecule has 0 unspecified atom stereocenters. The number of carbonyl (C=O) groups is 6. The second-order valence-electron chi connectivity index (χ2n) is 11.4. The van der Waals surface area contributed by atoms with E-state index in [1.165, 1.54) is 22.7 Å². The zero-order valence-corrected chi connectivity index (χ0v) is 34.4. The molecular weight excluding hydrogens is 953 g/mol. The number of nitrogens with zero attached hydrogens (tertiary/aromatic N) is 4. The summed E-state index contributed by atoms with van der Waals surface area (Å²) in [5.74, 6) is -11.3. The molecule has 0 radical (unpaired) electrons. The number of halogens is 12. The molecule has 64 heavy (non-hydrogen) atoms. The summed E-state index contributed by atoms with van der Waals surface area (Å²) in [6, 6.07) is 0. The predicted molar refractivity (Wildman–Crippen MR) is 202 cm³/mol. The number of carboxylic acid groups (broad SMARTS) is 4. The SMILES string of the molecule is Cc1nc(N)sc1CCCN=C(N)NC(=O)CCCCC(=O)NC(N)=NCCCc1sc(N)nc1C.O=C(O)C(F)(F)F.O=C(O)C(F)(F)F.O=C(O)C(F)(F)F.O=C(O)C(F)(F)F. The van der Waals surface area contributed by atoms with Crippen molar-refractivity contribution in [3.05, 3.63) is 21.1 Å². The third-order valence-electron chi connectivity index (χ3n) is 6.07. The number of nitrogens with two attached hydrogens (primary N) is 4. The van der Waals surface area contributed by atoms with E-state index in [1.54, 1.807) is 0 Å². The van der Waals surface area contributed by atoms with E-state index in [2.05, 4.69) is 30.6 Å². The number of rotatable bonds is 13. The molecule has 0 saturated carbocycles. The van der Waals surface area contributed by atoms with E-state index >= 15 is 0 Å². The van der Waals surface area contributed by atoms with Crippen LogP contribution in [0.4, 0.5) is 62.9 Å². The fourth-order valence-corrected chi connectivity index (χ4v) is 5.05. The zero-order valence-electron chi connectivity index (χ0n) is 32.8. The molecule has 2 amide bonds. The Kier molecular flexibility index (Phi) is 28.3. The van der Waals surface area contributed by atoms with Gasteiger partial charge in [0.05, 0.1) is 11.4 Å². The van der Waals surface area contributed by atoms with Crippen LogP contribution in [-0.2, 0) is 41.6 Å². The van der Waals surface area contributed by atoms with Gasteiger partial charge in [-0.1, -0.05) is 0 Å². The van der Waals surface area contributed by atoms with Gasteiger partial charge in [0.1, 0.15) is 0 Å². The number of hydrogen-bond acceptors (Lipinski definition) is 14. The van der Waals surface area contributed by atoms with Crippen molar-refractivity contribution in [2.45, 2.75) is 89.9 Å². The van der Waals surface area contributed by atoms with E-state index in [0.717, 1.165) is 46.8 Å². The lowest BCUT2D eigenvalue weighted by Crippen LogP contribution is -2.37. The monoisotopic (exact) mass is 992 g/mol. The molecule has 0 aliphatic carbocycles. The first-order chi connectivity index (χ1) is 28.9. The molecule has 0 aliphatic rings. The minimum Gasteiger partial charge on any atom is -0.475 e. The van der Waals surface area contributed by atoms with Gasteiger partial charge < -0.3 is 43.4 Å². The second kappa shape index (κ2) is 29.2. The largest absolute Gasteiger partial charge is 0.490 e. The van der Waals surface area contributed by atoms with Crippen molar-refractivity contribution in [2.24, 2.45) is 21.5 Å². The van der Waals surface area contributed by atoms with Crippen molar-refractivity contribution in [3.63, 3.8) is 0 Å². The minimum absolute atomic E-state index is 0.0937. The minimum atomic E-state index is -5.08. The van der Waals surface area contributed by atoms with Gasteiger partial charge in [-0.3, -0.25) is 30.2 Å². The first-order valence-electron chi connectivity index (χ1n) is 16.7. The lowest BCUT2D eigenvalue weighted by molar-refractivity contribution is -0.193. The van der Waals surface area contributed by atoms with Crippen LogP contribution in [0.5, 0.6) is 0 Å². The maximum Gasteiger partial charge on any atom is 0.490 e. The second-order valence-corrected chi connectivity index (χ2v) is 13.6. The molecule has 2 aromatic heterocycles. The number of carboxylic acids is 4. The van der Waals surface area contributed by atoms with Crippen LogP contribution in [-0.4, -0.2) is 116 Å². The fraction of sp³-hybridized carbons (Fsp3) is 0.533. The van der Waals surface area contributed by atoms with E-state index in [0.29, 0.717) is 36.2 Å². The van der Waals surface area contributed by atoms with E-state index in [1.807, 2.05) is 13.8 Å². The van der Waals surface area contributed by atoms with Gasteiger partial charge in [0.15, 0.2) is 22.2 Å². The third-order valence-corrected chi connectivity index (χ3v) is 8.16. The first kappa shape index (κ1) is 62.1. The highest BCUT2D eigenvalue weighted by molar-refractivity contribution is 7.15. The van der Waals surface area contributed by atoms with Crippen molar-refractivity contribution in [2.75, 3.05) is 24.6 Å². The number of aliphatic imine (C=N–C) groups is 2. The highest BCUT2D eigenvalue weighted by Crippen LogP contribution is 2.22. The number of alkyl halides is 12.